The minimum absolute atomic E-state index is 0.846. The van der Waals surface area contributed by atoms with Crippen LogP contribution in [0.15, 0.2) is 15.7 Å². The minimum atomic E-state index is 0.846. The second-order valence-corrected chi connectivity index (χ2v) is 5.51. The number of nitrogens with one attached hydrogen (secondary N) is 1. The lowest BCUT2D eigenvalue weighted by atomic mass is 10.3. The van der Waals surface area contributed by atoms with Gasteiger partial charge in [0.05, 0.1) is 0 Å². The van der Waals surface area contributed by atoms with Crippen molar-refractivity contribution in [1.29, 1.82) is 0 Å². The number of rotatable bonds is 3. The number of anilines is 1. The Morgan fingerprint density at radius 2 is 2.06 bits per heavy atom. The molecule has 0 saturated carbocycles. The highest BCUT2D eigenvalue weighted by molar-refractivity contribution is 8.01. The van der Waals surface area contributed by atoms with Crippen LogP contribution in [0, 0.1) is 13.8 Å². The first-order chi connectivity index (χ1) is 7.70. The monoisotopic (exact) mass is 253 g/mol. The zero-order chi connectivity index (χ0) is 11.5. The van der Waals surface area contributed by atoms with Crippen LogP contribution in [0.2, 0.25) is 0 Å². The number of nitrogens with zero attached hydrogens (tertiary/aromatic N) is 4. The number of aryl methyl sites for hydroxylation is 1. The zero-order valence-electron chi connectivity index (χ0n) is 9.18. The fourth-order valence-electron chi connectivity index (χ4n) is 1.19. The molecule has 2 aromatic rings. The van der Waals surface area contributed by atoms with Crippen LogP contribution < -0.4 is 5.32 Å². The zero-order valence-corrected chi connectivity index (χ0v) is 10.8. The quantitative estimate of drug-likeness (QED) is 0.845. The van der Waals surface area contributed by atoms with Gasteiger partial charge in [0, 0.05) is 12.6 Å². The Bertz CT molecular complexity index is 496. The van der Waals surface area contributed by atoms with E-state index in [1.54, 1.807) is 17.7 Å². The summed E-state index contributed by atoms with van der Waals surface area (Å²) in [6.45, 7) is 3.93. The van der Waals surface area contributed by atoms with Gasteiger partial charge in [-0.25, -0.2) is 9.97 Å². The molecule has 0 unspecified atom stereocenters. The van der Waals surface area contributed by atoms with Gasteiger partial charge in [-0.15, -0.1) is 10.2 Å². The lowest BCUT2D eigenvalue weighted by molar-refractivity contribution is 0.969. The van der Waals surface area contributed by atoms with Crippen molar-refractivity contribution in [3.63, 3.8) is 0 Å². The van der Waals surface area contributed by atoms with Crippen LogP contribution in [0.5, 0.6) is 0 Å². The van der Waals surface area contributed by atoms with Crippen molar-refractivity contribution in [2.24, 2.45) is 0 Å². The maximum absolute atomic E-state index is 4.24. The van der Waals surface area contributed by atoms with E-state index in [1.807, 2.05) is 20.9 Å². The van der Waals surface area contributed by atoms with Gasteiger partial charge in [0.25, 0.3) is 0 Å². The normalized spacial score (nSPS) is 10.4. The first-order valence-corrected chi connectivity index (χ1v) is 6.31. The van der Waals surface area contributed by atoms with Crippen molar-refractivity contribution >= 4 is 28.9 Å². The summed E-state index contributed by atoms with van der Waals surface area (Å²) in [6.07, 6.45) is 1.55. The van der Waals surface area contributed by atoms with E-state index in [0.717, 1.165) is 25.8 Å². The molecule has 7 heteroatoms. The highest BCUT2D eigenvalue weighted by Gasteiger charge is 2.10. The summed E-state index contributed by atoms with van der Waals surface area (Å²) in [5.41, 5.74) is 1.03. The van der Waals surface area contributed by atoms with Gasteiger partial charge in [0.2, 0.25) is 0 Å². The number of aromatic nitrogens is 4. The predicted molar refractivity (Wildman–Crippen MR) is 65.1 cm³/mol. The summed E-state index contributed by atoms with van der Waals surface area (Å²) in [6, 6.07) is 0. The van der Waals surface area contributed by atoms with Crippen molar-refractivity contribution in [1.82, 2.24) is 20.2 Å². The molecular weight excluding hydrogens is 242 g/mol. The van der Waals surface area contributed by atoms with Gasteiger partial charge < -0.3 is 5.32 Å². The van der Waals surface area contributed by atoms with Gasteiger partial charge in [0.1, 0.15) is 22.2 Å². The Hall–Kier alpha value is -1.21. The maximum Gasteiger partial charge on any atom is 0.180 e. The number of hydrogen-bond donors (Lipinski definition) is 1. The molecule has 2 rings (SSSR count). The molecule has 0 amide bonds. The molecule has 84 valence electrons. The summed E-state index contributed by atoms with van der Waals surface area (Å²) < 4.78 is 0.904. The maximum atomic E-state index is 4.24. The molecule has 2 heterocycles. The van der Waals surface area contributed by atoms with E-state index in [2.05, 4.69) is 25.5 Å². The Morgan fingerprint density at radius 3 is 2.69 bits per heavy atom. The van der Waals surface area contributed by atoms with Crippen molar-refractivity contribution in [2.45, 2.75) is 23.2 Å². The van der Waals surface area contributed by atoms with Crippen molar-refractivity contribution in [3.05, 3.63) is 16.9 Å². The summed E-state index contributed by atoms with van der Waals surface area (Å²) in [5.74, 6) is 0.846. The van der Waals surface area contributed by atoms with Crippen LogP contribution in [-0.4, -0.2) is 27.2 Å². The Balaban J connectivity index is 2.28. The highest BCUT2D eigenvalue weighted by atomic mass is 32.2. The third kappa shape index (κ3) is 2.30. The van der Waals surface area contributed by atoms with Crippen molar-refractivity contribution in [3.8, 4) is 0 Å². The van der Waals surface area contributed by atoms with Gasteiger partial charge in [-0.1, -0.05) is 11.3 Å². The lowest BCUT2D eigenvalue weighted by Gasteiger charge is -2.06. The summed E-state index contributed by atoms with van der Waals surface area (Å²) in [7, 11) is 1.85. The molecule has 0 atom stereocenters. The van der Waals surface area contributed by atoms with E-state index in [0.29, 0.717) is 0 Å². The molecule has 0 bridgehead atoms. The van der Waals surface area contributed by atoms with Gasteiger partial charge in [-0.05, 0) is 25.6 Å². The minimum Gasteiger partial charge on any atom is -0.373 e. The first-order valence-electron chi connectivity index (χ1n) is 4.68. The first kappa shape index (κ1) is 11.3. The molecule has 1 N–H and O–H groups in total. The molecule has 0 saturated heterocycles. The second kappa shape index (κ2) is 4.75. The molecule has 2 aromatic heterocycles. The lowest BCUT2D eigenvalue weighted by Crippen LogP contribution is -1.98. The van der Waals surface area contributed by atoms with Crippen LogP contribution in [0.3, 0.4) is 0 Å². The highest BCUT2D eigenvalue weighted by Crippen LogP contribution is 2.31. The molecule has 0 aliphatic rings. The summed E-state index contributed by atoms with van der Waals surface area (Å²) in [5, 5.41) is 12.9. The molecule has 0 aliphatic carbocycles. The largest absolute Gasteiger partial charge is 0.373 e. The van der Waals surface area contributed by atoms with Crippen LogP contribution >= 0.6 is 23.1 Å². The SMILES string of the molecule is CNc1ncnc(Sc2nnc(C)s2)c1C. The van der Waals surface area contributed by atoms with E-state index in [-0.39, 0.29) is 0 Å². The molecule has 0 radical (unpaired) electrons. The molecule has 0 aromatic carbocycles. The third-order valence-electron chi connectivity index (χ3n) is 1.97. The fourth-order valence-corrected chi connectivity index (χ4v) is 2.97. The van der Waals surface area contributed by atoms with Crippen molar-refractivity contribution < 1.29 is 0 Å². The van der Waals surface area contributed by atoms with Gasteiger partial charge >= 0.3 is 0 Å². The summed E-state index contributed by atoms with van der Waals surface area (Å²) in [4.78, 5) is 8.38. The Morgan fingerprint density at radius 1 is 1.25 bits per heavy atom. The molecule has 0 fully saturated rings. The average molecular weight is 253 g/mol. The smallest absolute Gasteiger partial charge is 0.180 e. The van der Waals surface area contributed by atoms with E-state index >= 15 is 0 Å². The molecule has 16 heavy (non-hydrogen) atoms. The van der Waals surface area contributed by atoms with Gasteiger partial charge in [-0.3, -0.25) is 0 Å². The molecule has 0 spiro atoms. The topological polar surface area (TPSA) is 63.6 Å². The van der Waals surface area contributed by atoms with Crippen molar-refractivity contribution in [2.75, 3.05) is 12.4 Å². The van der Waals surface area contributed by atoms with Crippen LogP contribution in [0.25, 0.3) is 0 Å². The average Bonchev–Trinajstić information content (AvgIpc) is 2.67. The Labute approximate surface area is 102 Å². The van der Waals surface area contributed by atoms with E-state index < -0.39 is 0 Å². The van der Waals surface area contributed by atoms with Gasteiger partial charge in [-0.2, -0.15) is 0 Å². The molecular formula is C9H11N5S2. The van der Waals surface area contributed by atoms with E-state index in [1.165, 1.54) is 11.8 Å². The second-order valence-electron chi connectivity index (χ2n) is 3.09. The van der Waals surface area contributed by atoms with Crippen LogP contribution in [0.4, 0.5) is 5.82 Å². The predicted octanol–water partition coefficient (Wildman–Crippen LogP) is 2.14. The van der Waals surface area contributed by atoms with Gasteiger partial charge in [0.15, 0.2) is 4.34 Å². The molecule has 5 nitrogen and oxygen atoms in total. The third-order valence-corrected chi connectivity index (χ3v) is 3.96. The van der Waals surface area contributed by atoms with E-state index in [9.17, 15) is 0 Å². The number of hydrogen-bond acceptors (Lipinski definition) is 7. The summed E-state index contributed by atoms with van der Waals surface area (Å²) >= 11 is 3.08. The van der Waals surface area contributed by atoms with Crippen LogP contribution in [-0.2, 0) is 0 Å². The van der Waals surface area contributed by atoms with Crippen LogP contribution in [0.1, 0.15) is 10.6 Å². The molecule has 0 aliphatic heterocycles. The fraction of sp³-hybridized carbons (Fsp3) is 0.333. The van der Waals surface area contributed by atoms with E-state index in [4.69, 9.17) is 0 Å². The standard InChI is InChI=1S/C9H11N5S2/c1-5-7(10-3)11-4-12-8(5)16-9-14-13-6(2)15-9/h4H,1-3H3,(H,10,11,12). The Kier molecular flexibility index (Phi) is 3.35.